The first-order chi connectivity index (χ1) is 8.42. The van der Waals surface area contributed by atoms with Crippen LogP contribution in [0.5, 0.6) is 0 Å². The van der Waals surface area contributed by atoms with Crippen molar-refractivity contribution < 1.29 is 14.6 Å². The zero-order chi connectivity index (χ0) is 13.6. The van der Waals surface area contributed by atoms with Gasteiger partial charge < -0.3 is 14.7 Å². The molecule has 1 unspecified atom stereocenters. The van der Waals surface area contributed by atoms with Gasteiger partial charge in [-0.2, -0.15) is 0 Å². The normalized spacial score (nSPS) is 21.6. The molecule has 1 saturated heterocycles. The van der Waals surface area contributed by atoms with Crippen LogP contribution in [0.15, 0.2) is 0 Å². The van der Waals surface area contributed by atoms with Crippen LogP contribution < -0.4 is 0 Å². The Balaban J connectivity index is 2.39. The van der Waals surface area contributed by atoms with Gasteiger partial charge in [0.1, 0.15) is 5.60 Å². The van der Waals surface area contributed by atoms with Gasteiger partial charge in [0.05, 0.1) is 0 Å². The molecular weight excluding hydrogens is 230 g/mol. The Hall–Kier alpha value is -0.770. The molecule has 1 fully saturated rings. The van der Waals surface area contributed by atoms with Gasteiger partial charge in [0.25, 0.3) is 0 Å². The van der Waals surface area contributed by atoms with Gasteiger partial charge >= 0.3 is 6.09 Å². The van der Waals surface area contributed by atoms with Crippen LogP contribution in [0.2, 0.25) is 0 Å². The number of nitrogens with zero attached hydrogens (tertiary/aromatic N) is 1. The molecule has 1 atom stereocenters. The largest absolute Gasteiger partial charge is 0.444 e. The van der Waals surface area contributed by atoms with Crippen molar-refractivity contribution in [3.63, 3.8) is 0 Å². The van der Waals surface area contributed by atoms with Gasteiger partial charge in [-0.3, -0.25) is 0 Å². The Morgan fingerprint density at radius 1 is 1.33 bits per heavy atom. The van der Waals surface area contributed by atoms with Gasteiger partial charge in [-0.1, -0.05) is 0 Å². The lowest BCUT2D eigenvalue weighted by atomic mass is 9.95. The molecule has 1 rings (SSSR count). The summed E-state index contributed by atoms with van der Waals surface area (Å²) in [6.45, 7) is 7.54. The Morgan fingerprint density at radius 3 is 2.67 bits per heavy atom. The lowest BCUT2D eigenvalue weighted by Crippen LogP contribution is -2.37. The summed E-state index contributed by atoms with van der Waals surface area (Å²) in [6, 6.07) is 0. The molecule has 4 nitrogen and oxygen atoms in total. The zero-order valence-electron chi connectivity index (χ0n) is 11.9. The fraction of sp³-hybridized carbons (Fsp3) is 0.929. The Labute approximate surface area is 110 Å². The van der Waals surface area contributed by atoms with Crippen LogP contribution in [-0.2, 0) is 4.74 Å². The van der Waals surface area contributed by atoms with Crippen molar-refractivity contribution in [1.82, 2.24) is 4.90 Å². The maximum absolute atomic E-state index is 12.0. The molecule has 1 heterocycles. The summed E-state index contributed by atoms with van der Waals surface area (Å²) in [4.78, 5) is 13.8. The molecule has 0 aromatic carbocycles. The highest BCUT2D eigenvalue weighted by Gasteiger charge is 2.24. The number of amides is 1. The first kappa shape index (κ1) is 15.3. The van der Waals surface area contributed by atoms with Crippen molar-refractivity contribution in [1.29, 1.82) is 0 Å². The Kier molecular flexibility index (Phi) is 5.93. The standard InChI is InChI=1S/C14H27NO3/c1-14(2,3)18-13(17)15-9-4-6-12(8-10-15)7-5-11-16/h12,16H,4-11H2,1-3H3. The van der Waals surface area contributed by atoms with Gasteiger partial charge in [0, 0.05) is 19.7 Å². The highest BCUT2D eigenvalue weighted by Crippen LogP contribution is 2.23. The van der Waals surface area contributed by atoms with Crippen molar-refractivity contribution in [2.75, 3.05) is 19.7 Å². The summed E-state index contributed by atoms with van der Waals surface area (Å²) in [5.74, 6) is 0.643. The van der Waals surface area contributed by atoms with Crippen molar-refractivity contribution in [2.24, 2.45) is 5.92 Å². The number of aliphatic hydroxyl groups is 1. The smallest absolute Gasteiger partial charge is 0.410 e. The lowest BCUT2D eigenvalue weighted by Gasteiger charge is -2.26. The highest BCUT2D eigenvalue weighted by atomic mass is 16.6. The zero-order valence-corrected chi connectivity index (χ0v) is 11.9. The molecule has 18 heavy (non-hydrogen) atoms. The molecular formula is C14H27NO3. The number of aliphatic hydroxyl groups excluding tert-OH is 1. The van der Waals surface area contributed by atoms with Gasteiger partial charge in [0.2, 0.25) is 0 Å². The van der Waals surface area contributed by atoms with Gasteiger partial charge in [0.15, 0.2) is 0 Å². The van der Waals surface area contributed by atoms with Gasteiger partial charge in [-0.25, -0.2) is 4.79 Å². The quantitative estimate of drug-likeness (QED) is 0.845. The van der Waals surface area contributed by atoms with Crippen molar-refractivity contribution in [3.05, 3.63) is 0 Å². The summed E-state index contributed by atoms with van der Waals surface area (Å²) >= 11 is 0. The second kappa shape index (κ2) is 6.98. The number of rotatable bonds is 3. The number of carbonyl (C=O) groups is 1. The minimum atomic E-state index is -0.417. The molecule has 1 aliphatic heterocycles. The predicted octanol–water partition coefficient (Wildman–Crippen LogP) is 2.80. The number of hydrogen-bond acceptors (Lipinski definition) is 3. The maximum Gasteiger partial charge on any atom is 0.410 e. The molecule has 0 aromatic rings. The third-order valence-corrected chi connectivity index (χ3v) is 3.27. The molecule has 0 aliphatic carbocycles. The van der Waals surface area contributed by atoms with E-state index in [2.05, 4.69) is 0 Å². The third-order valence-electron chi connectivity index (χ3n) is 3.27. The van der Waals surface area contributed by atoms with Crippen molar-refractivity contribution in [2.45, 2.75) is 58.5 Å². The Bertz CT molecular complexity index is 260. The Morgan fingerprint density at radius 2 is 2.06 bits per heavy atom. The molecule has 1 N–H and O–H groups in total. The molecule has 0 bridgehead atoms. The minimum absolute atomic E-state index is 0.190. The summed E-state index contributed by atoms with van der Waals surface area (Å²) < 4.78 is 5.40. The SMILES string of the molecule is CC(C)(C)OC(=O)N1CCCC(CCCO)CC1. The van der Waals surface area contributed by atoms with E-state index in [9.17, 15) is 4.79 Å². The van der Waals surface area contributed by atoms with Crippen LogP contribution in [0.25, 0.3) is 0 Å². The number of carbonyl (C=O) groups excluding carboxylic acids is 1. The van der Waals surface area contributed by atoms with Crippen LogP contribution in [0, 0.1) is 5.92 Å². The fourth-order valence-electron chi connectivity index (χ4n) is 2.34. The molecule has 106 valence electrons. The molecule has 1 aliphatic rings. The van der Waals surface area contributed by atoms with E-state index in [1.165, 1.54) is 0 Å². The number of likely N-dealkylation sites (tertiary alicyclic amines) is 1. The van der Waals surface area contributed by atoms with Crippen LogP contribution in [0.3, 0.4) is 0 Å². The maximum atomic E-state index is 12.0. The average Bonchev–Trinajstić information content (AvgIpc) is 2.49. The van der Waals surface area contributed by atoms with Gasteiger partial charge in [-0.05, 0) is 58.8 Å². The van der Waals surface area contributed by atoms with E-state index in [4.69, 9.17) is 9.84 Å². The lowest BCUT2D eigenvalue weighted by molar-refractivity contribution is 0.0255. The van der Waals surface area contributed by atoms with E-state index in [0.29, 0.717) is 5.92 Å². The fourth-order valence-corrected chi connectivity index (χ4v) is 2.34. The molecule has 0 spiro atoms. The van der Waals surface area contributed by atoms with E-state index in [0.717, 1.165) is 45.2 Å². The predicted molar refractivity (Wildman–Crippen MR) is 71.5 cm³/mol. The molecule has 0 radical (unpaired) electrons. The van der Waals surface area contributed by atoms with Crippen molar-refractivity contribution >= 4 is 6.09 Å². The minimum Gasteiger partial charge on any atom is -0.444 e. The molecule has 0 aromatic heterocycles. The highest BCUT2D eigenvalue weighted by molar-refractivity contribution is 5.68. The summed E-state index contributed by atoms with van der Waals surface area (Å²) in [7, 11) is 0. The number of hydrogen-bond donors (Lipinski definition) is 1. The molecule has 0 saturated carbocycles. The van der Waals surface area contributed by atoms with Crippen LogP contribution >= 0.6 is 0 Å². The second-order valence-electron chi connectivity index (χ2n) is 6.13. The topological polar surface area (TPSA) is 49.8 Å². The van der Waals surface area contributed by atoms with E-state index < -0.39 is 5.60 Å². The summed E-state index contributed by atoms with van der Waals surface area (Å²) in [5, 5.41) is 8.85. The molecule has 4 heteroatoms. The van der Waals surface area contributed by atoms with Crippen LogP contribution in [0.1, 0.15) is 52.9 Å². The first-order valence-corrected chi connectivity index (χ1v) is 7.01. The number of ether oxygens (including phenoxy) is 1. The van der Waals surface area contributed by atoms with Crippen molar-refractivity contribution in [3.8, 4) is 0 Å². The van der Waals surface area contributed by atoms with E-state index in [-0.39, 0.29) is 12.7 Å². The average molecular weight is 257 g/mol. The summed E-state index contributed by atoms with van der Waals surface area (Å²) in [5.41, 5.74) is -0.417. The van der Waals surface area contributed by atoms with Crippen LogP contribution in [-0.4, -0.2) is 41.4 Å². The van der Waals surface area contributed by atoms with Gasteiger partial charge in [-0.15, -0.1) is 0 Å². The monoisotopic (exact) mass is 257 g/mol. The molecule has 1 amide bonds. The third kappa shape index (κ3) is 5.71. The summed E-state index contributed by atoms with van der Waals surface area (Å²) in [6.07, 6.45) is 4.97. The van der Waals surface area contributed by atoms with E-state index in [1.807, 2.05) is 25.7 Å². The first-order valence-electron chi connectivity index (χ1n) is 7.01. The van der Waals surface area contributed by atoms with E-state index in [1.54, 1.807) is 0 Å². The van der Waals surface area contributed by atoms with E-state index >= 15 is 0 Å². The second-order valence-corrected chi connectivity index (χ2v) is 6.13. The van der Waals surface area contributed by atoms with Crippen LogP contribution in [0.4, 0.5) is 4.79 Å².